The molecule has 0 saturated carbocycles. The van der Waals surface area contributed by atoms with Gasteiger partial charge >= 0.3 is 6.03 Å². The van der Waals surface area contributed by atoms with E-state index in [9.17, 15) is 9.59 Å². The third-order valence-corrected chi connectivity index (χ3v) is 3.01. The van der Waals surface area contributed by atoms with Crippen LogP contribution in [0.15, 0.2) is 30.3 Å². The first-order valence-electron chi connectivity index (χ1n) is 6.83. The molecule has 21 heavy (non-hydrogen) atoms. The van der Waals surface area contributed by atoms with Gasteiger partial charge in [0, 0.05) is 6.04 Å². The van der Waals surface area contributed by atoms with Crippen LogP contribution in [-0.2, 0) is 11.2 Å². The van der Waals surface area contributed by atoms with Gasteiger partial charge in [-0.1, -0.05) is 30.3 Å². The predicted octanol–water partition coefficient (Wildman–Crippen LogP) is 1.07. The Bertz CT molecular complexity index is 510. The SMILES string of the molecule is CC(CCCc1ccccc1)NC(=O)NC(C#N)C(N)=O. The van der Waals surface area contributed by atoms with Crippen LogP contribution in [0.25, 0.3) is 0 Å². The summed E-state index contributed by atoms with van der Waals surface area (Å²) in [6, 6.07) is 9.80. The lowest BCUT2D eigenvalue weighted by Crippen LogP contribution is -2.49. The summed E-state index contributed by atoms with van der Waals surface area (Å²) in [6.45, 7) is 1.87. The van der Waals surface area contributed by atoms with Crippen LogP contribution >= 0.6 is 0 Å². The van der Waals surface area contributed by atoms with Crippen molar-refractivity contribution in [3.63, 3.8) is 0 Å². The van der Waals surface area contributed by atoms with Gasteiger partial charge in [-0.3, -0.25) is 4.79 Å². The molecule has 0 heterocycles. The summed E-state index contributed by atoms with van der Waals surface area (Å²) < 4.78 is 0. The van der Waals surface area contributed by atoms with E-state index in [1.54, 1.807) is 6.07 Å². The number of hydrogen-bond acceptors (Lipinski definition) is 3. The van der Waals surface area contributed by atoms with E-state index >= 15 is 0 Å². The molecule has 2 unspecified atom stereocenters. The zero-order valence-electron chi connectivity index (χ0n) is 12.0. The fourth-order valence-electron chi connectivity index (χ4n) is 1.89. The van der Waals surface area contributed by atoms with Crippen molar-refractivity contribution in [2.75, 3.05) is 0 Å². The van der Waals surface area contributed by atoms with E-state index in [2.05, 4.69) is 22.8 Å². The number of amides is 3. The van der Waals surface area contributed by atoms with E-state index in [1.807, 2.05) is 25.1 Å². The second-order valence-corrected chi connectivity index (χ2v) is 4.86. The lowest BCUT2D eigenvalue weighted by atomic mass is 10.1. The monoisotopic (exact) mass is 288 g/mol. The van der Waals surface area contributed by atoms with Crippen molar-refractivity contribution < 1.29 is 9.59 Å². The molecular formula is C15H20N4O2. The molecule has 0 spiro atoms. The number of nitrogens with two attached hydrogens (primary N) is 1. The molecule has 0 aliphatic heterocycles. The highest BCUT2D eigenvalue weighted by molar-refractivity contribution is 5.88. The predicted molar refractivity (Wildman–Crippen MR) is 79.1 cm³/mol. The highest BCUT2D eigenvalue weighted by atomic mass is 16.2. The van der Waals surface area contributed by atoms with Gasteiger partial charge in [-0.05, 0) is 31.7 Å². The molecule has 0 bridgehead atoms. The van der Waals surface area contributed by atoms with Gasteiger partial charge in [-0.25, -0.2) is 4.79 Å². The maximum atomic E-state index is 11.6. The normalized spacial score (nSPS) is 12.8. The molecule has 1 rings (SSSR count). The number of benzene rings is 1. The second kappa shape index (κ2) is 8.59. The van der Waals surface area contributed by atoms with Crippen molar-refractivity contribution in [3.05, 3.63) is 35.9 Å². The number of nitriles is 1. The molecule has 0 fully saturated rings. The van der Waals surface area contributed by atoms with Crippen molar-refractivity contribution in [3.8, 4) is 6.07 Å². The highest BCUT2D eigenvalue weighted by Gasteiger charge is 2.17. The van der Waals surface area contributed by atoms with Crippen molar-refractivity contribution in [2.45, 2.75) is 38.3 Å². The number of hydrogen-bond donors (Lipinski definition) is 3. The van der Waals surface area contributed by atoms with Crippen molar-refractivity contribution >= 4 is 11.9 Å². The van der Waals surface area contributed by atoms with Crippen LogP contribution in [0.1, 0.15) is 25.3 Å². The summed E-state index contributed by atoms with van der Waals surface area (Å²) in [7, 11) is 0. The maximum absolute atomic E-state index is 11.6. The Labute approximate surface area is 124 Å². The number of carbonyl (C=O) groups excluding carboxylic acids is 2. The smallest absolute Gasteiger partial charge is 0.316 e. The van der Waals surface area contributed by atoms with Gasteiger partial charge in [0.25, 0.3) is 5.91 Å². The Balaban J connectivity index is 2.27. The Morgan fingerprint density at radius 2 is 1.95 bits per heavy atom. The van der Waals surface area contributed by atoms with Crippen LogP contribution in [0.4, 0.5) is 4.79 Å². The van der Waals surface area contributed by atoms with E-state index in [0.29, 0.717) is 0 Å². The molecule has 0 aromatic heterocycles. The summed E-state index contributed by atoms with van der Waals surface area (Å²) in [5.41, 5.74) is 6.22. The Kier molecular flexibility index (Phi) is 6.75. The minimum Gasteiger partial charge on any atom is -0.367 e. The first kappa shape index (κ1) is 16.5. The zero-order valence-corrected chi connectivity index (χ0v) is 12.0. The molecule has 6 heteroatoms. The molecule has 0 radical (unpaired) electrons. The van der Waals surface area contributed by atoms with Crippen molar-refractivity contribution in [1.29, 1.82) is 5.26 Å². The summed E-state index contributed by atoms with van der Waals surface area (Å²) in [6.07, 6.45) is 2.68. The Morgan fingerprint density at radius 1 is 1.29 bits per heavy atom. The summed E-state index contributed by atoms with van der Waals surface area (Å²) in [4.78, 5) is 22.4. The minimum atomic E-state index is -1.30. The molecule has 1 aromatic rings. The zero-order chi connectivity index (χ0) is 15.7. The van der Waals surface area contributed by atoms with Crippen LogP contribution in [0.5, 0.6) is 0 Å². The molecule has 2 atom stereocenters. The summed E-state index contributed by atoms with van der Waals surface area (Å²) >= 11 is 0. The number of rotatable bonds is 7. The van der Waals surface area contributed by atoms with Crippen LogP contribution in [0.3, 0.4) is 0 Å². The summed E-state index contributed by atoms with van der Waals surface area (Å²) in [5, 5.41) is 13.5. The number of aryl methyl sites for hydroxylation is 1. The molecule has 4 N–H and O–H groups in total. The van der Waals surface area contributed by atoms with Gasteiger partial charge in [0.2, 0.25) is 0 Å². The van der Waals surface area contributed by atoms with Gasteiger partial charge in [-0.2, -0.15) is 5.26 Å². The molecular weight excluding hydrogens is 268 g/mol. The van der Waals surface area contributed by atoms with Crippen LogP contribution in [-0.4, -0.2) is 24.0 Å². The van der Waals surface area contributed by atoms with E-state index in [1.165, 1.54) is 5.56 Å². The second-order valence-electron chi connectivity index (χ2n) is 4.86. The number of urea groups is 1. The van der Waals surface area contributed by atoms with Crippen LogP contribution < -0.4 is 16.4 Å². The average molecular weight is 288 g/mol. The van der Waals surface area contributed by atoms with E-state index in [0.717, 1.165) is 19.3 Å². The van der Waals surface area contributed by atoms with Crippen LogP contribution in [0, 0.1) is 11.3 Å². The first-order chi connectivity index (χ1) is 10.0. The first-order valence-corrected chi connectivity index (χ1v) is 6.83. The van der Waals surface area contributed by atoms with E-state index in [-0.39, 0.29) is 6.04 Å². The van der Waals surface area contributed by atoms with Gasteiger partial charge in [0.05, 0.1) is 6.07 Å². The number of nitrogens with zero attached hydrogens (tertiary/aromatic N) is 1. The molecule has 1 aromatic carbocycles. The molecule has 6 nitrogen and oxygen atoms in total. The molecule has 0 aliphatic rings. The van der Waals surface area contributed by atoms with E-state index < -0.39 is 18.0 Å². The maximum Gasteiger partial charge on any atom is 0.316 e. The lowest BCUT2D eigenvalue weighted by molar-refractivity contribution is -0.118. The minimum absolute atomic E-state index is 0.0547. The Morgan fingerprint density at radius 3 is 2.52 bits per heavy atom. The van der Waals surface area contributed by atoms with E-state index in [4.69, 9.17) is 11.0 Å². The van der Waals surface area contributed by atoms with Crippen molar-refractivity contribution in [2.24, 2.45) is 5.73 Å². The lowest BCUT2D eigenvalue weighted by Gasteiger charge is -2.15. The van der Waals surface area contributed by atoms with Gasteiger partial charge in [0.1, 0.15) is 0 Å². The average Bonchev–Trinajstić information content (AvgIpc) is 2.45. The summed E-state index contributed by atoms with van der Waals surface area (Å²) in [5.74, 6) is -0.871. The molecule has 112 valence electrons. The largest absolute Gasteiger partial charge is 0.367 e. The van der Waals surface area contributed by atoms with Crippen LogP contribution in [0.2, 0.25) is 0 Å². The third-order valence-electron chi connectivity index (χ3n) is 3.01. The standard InChI is InChI=1S/C15H20N4O2/c1-11(6-5-9-12-7-3-2-4-8-12)18-15(21)19-13(10-16)14(17)20/h2-4,7-8,11,13H,5-6,9H2,1H3,(H2,17,20)(H2,18,19,21). The van der Waals surface area contributed by atoms with Gasteiger partial charge in [0.15, 0.2) is 6.04 Å². The molecule has 0 saturated heterocycles. The quantitative estimate of drug-likeness (QED) is 0.698. The molecule has 3 amide bonds. The number of primary amides is 1. The van der Waals surface area contributed by atoms with Gasteiger partial charge in [-0.15, -0.1) is 0 Å². The fourth-order valence-corrected chi connectivity index (χ4v) is 1.89. The number of carbonyl (C=O) groups is 2. The molecule has 0 aliphatic carbocycles. The van der Waals surface area contributed by atoms with Crippen molar-refractivity contribution in [1.82, 2.24) is 10.6 Å². The van der Waals surface area contributed by atoms with Gasteiger partial charge < -0.3 is 16.4 Å². The fraction of sp³-hybridized carbons (Fsp3) is 0.400. The third kappa shape index (κ3) is 6.43. The number of nitrogens with one attached hydrogen (secondary N) is 2. The topological polar surface area (TPSA) is 108 Å². The Hall–Kier alpha value is -2.55. The highest BCUT2D eigenvalue weighted by Crippen LogP contribution is 2.06.